The maximum atomic E-state index is 12.8. The zero-order valence-corrected chi connectivity index (χ0v) is 15.4. The molecule has 25 heavy (non-hydrogen) atoms. The molecule has 2 heterocycles. The average molecular weight is 356 g/mol. The molecule has 132 valence electrons. The Morgan fingerprint density at radius 3 is 2.36 bits per heavy atom. The zero-order valence-electron chi connectivity index (χ0n) is 14.5. The zero-order chi connectivity index (χ0) is 17.2. The summed E-state index contributed by atoms with van der Waals surface area (Å²) in [4.78, 5) is 17.0. The number of amides is 1. The second-order valence-corrected chi connectivity index (χ2v) is 7.63. The Labute approximate surface area is 154 Å². The SMILES string of the molecule is O=C1/C(=C/c2ccc(N3CCCC3)cc2)NC(=S)N1C1CCCCC1. The third-order valence-electron chi connectivity index (χ3n) is 5.52. The van der Waals surface area contributed by atoms with Crippen molar-refractivity contribution in [3.8, 4) is 0 Å². The molecule has 1 saturated carbocycles. The summed E-state index contributed by atoms with van der Waals surface area (Å²) < 4.78 is 0. The van der Waals surface area contributed by atoms with E-state index in [1.807, 2.05) is 6.08 Å². The molecule has 1 aromatic rings. The highest BCUT2D eigenvalue weighted by Gasteiger charge is 2.36. The molecule has 0 radical (unpaired) electrons. The summed E-state index contributed by atoms with van der Waals surface area (Å²) in [7, 11) is 0. The molecule has 0 bridgehead atoms. The van der Waals surface area contributed by atoms with Crippen molar-refractivity contribution in [3.05, 3.63) is 35.5 Å². The molecule has 0 aromatic heterocycles. The van der Waals surface area contributed by atoms with Crippen LogP contribution in [-0.4, -0.2) is 35.1 Å². The molecule has 0 spiro atoms. The predicted octanol–water partition coefficient (Wildman–Crippen LogP) is 3.68. The monoisotopic (exact) mass is 355 g/mol. The number of hydrogen-bond acceptors (Lipinski definition) is 3. The fraction of sp³-hybridized carbons (Fsp3) is 0.500. The highest BCUT2D eigenvalue weighted by molar-refractivity contribution is 7.80. The van der Waals surface area contributed by atoms with Crippen molar-refractivity contribution in [2.45, 2.75) is 51.0 Å². The van der Waals surface area contributed by atoms with Gasteiger partial charge in [0, 0.05) is 24.8 Å². The number of nitrogens with zero attached hydrogens (tertiary/aromatic N) is 2. The van der Waals surface area contributed by atoms with E-state index in [-0.39, 0.29) is 11.9 Å². The van der Waals surface area contributed by atoms with E-state index in [4.69, 9.17) is 12.2 Å². The van der Waals surface area contributed by atoms with Crippen molar-refractivity contribution in [1.82, 2.24) is 10.2 Å². The smallest absolute Gasteiger partial charge is 0.276 e. The molecule has 0 unspecified atom stereocenters. The lowest BCUT2D eigenvalue weighted by molar-refractivity contribution is -0.124. The molecular formula is C20H25N3OS. The van der Waals surface area contributed by atoms with Gasteiger partial charge in [-0.1, -0.05) is 31.4 Å². The summed E-state index contributed by atoms with van der Waals surface area (Å²) in [5.74, 6) is 0.0283. The van der Waals surface area contributed by atoms with E-state index in [2.05, 4.69) is 34.5 Å². The third-order valence-corrected chi connectivity index (χ3v) is 5.82. The maximum Gasteiger partial charge on any atom is 0.276 e. The van der Waals surface area contributed by atoms with Gasteiger partial charge in [-0.2, -0.15) is 0 Å². The molecule has 3 aliphatic rings. The van der Waals surface area contributed by atoms with Crippen molar-refractivity contribution < 1.29 is 4.79 Å². The molecule has 1 aromatic carbocycles. The lowest BCUT2D eigenvalue weighted by atomic mass is 9.94. The number of rotatable bonds is 3. The molecule has 4 rings (SSSR count). The summed E-state index contributed by atoms with van der Waals surface area (Å²) in [6.07, 6.45) is 10.2. The molecule has 0 atom stereocenters. The normalized spacial score (nSPS) is 23.6. The van der Waals surface area contributed by atoms with Crippen molar-refractivity contribution in [3.63, 3.8) is 0 Å². The van der Waals surface area contributed by atoms with Gasteiger partial charge < -0.3 is 10.2 Å². The fourth-order valence-corrected chi connectivity index (χ4v) is 4.48. The van der Waals surface area contributed by atoms with Gasteiger partial charge in [-0.05, 0) is 61.7 Å². The first kappa shape index (κ1) is 16.6. The first-order chi connectivity index (χ1) is 12.2. The van der Waals surface area contributed by atoms with Gasteiger partial charge >= 0.3 is 0 Å². The van der Waals surface area contributed by atoms with Gasteiger partial charge in [0.2, 0.25) is 0 Å². The Morgan fingerprint density at radius 2 is 1.68 bits per heavy atom. The van der Waals surface area contributed by atoms with Crippen LogP contribution in [0.1, 0.15) is 50.5 Å². The van der Waals surface area contributed by atoms with Gasteiger partial charge in [-0.25, -0.2) is 0 Å². The lowest BCUT2D eigenvalue weighted by Gasteiger charge is -2.29. The van der Waals surface area contributed by atoms with Gasteiger partial charge in [-0.15, -0.1) is 0 Å². The van der Waals surface area contributed by atoms with Crippen LogP contribution in [0, 0.1) is 0 Å². The number of hydrogen-bond donors (Lipinski definition) is 1. The van der Waals surface area contributed by atoms with Crippen LogP contribution in [0.5, 0.6) is 0 Å². The molecular weight excluding hydrogens is 330 g/mol. The maximum absolute atomic E-state index is 12.8. The van der Waals surface area contributed by atoms with E-state index in [1.54, 1.807) is 4.90 Å². The van der Waals surface area contributed by atoms with Gasteiger partial charge in [0.1, 0.15) is 5.70 Å². The average Bonchev–Trinajstić information content (AvgIpc) is 3.26. The highest BCUT2D eigenvalue weighted by atomic mass is 32.1. The van der Waals surface area contributed by atoms with Crippen LogP contribution in [0.4, 0.5) is 5.69 Å². The summed E-state index contributed by atoms with van der Waals surface area (Å²) in [6.45, 7) is 2.29. The van der Waals surface area contributed by atoms with Gasteiger partial charge in [0.05, 0.1) is 0 Å². The Hall–Kier alpha value is -1.88. The van der Waals surface area contributed by atoms with Crippen LogP contribution < -0.4 is 10.2 Å². The topological polar surface area (TPSA) is 35.6 Å². The van der Waals surface area contributed by atoms with Crippen LogP contribution in [0.2, 0.25) is 0 Å². The van der Waals surface area contributed by atoms with Crippen molar-refractivity contribution in [2.75, 3.05) is 18.0 Å². The van der Waals surface area contributed by atoms with Crippen LogP contribution in [0.15, 0.2) is 30.0 Å². The Kier molecular flexibility index (Phi) is 4.75. The first-order valence-electron chi connectivity index (χ1n) is 9.43. The first-order valence-corrected chi connectivity index (χ1v) is 9.84. The van der Waals surface area contributed by atoms with Gasteiger partial charge in [0.25, 0.3) is 5.91 Å². The number of carbonyl (C=O) groups excluding carboxylic acids is 1. The van der Waals surface area contributed by atoms with Crippen LogP contribution in [-0.2, 0) is 4.79 Å². The minimum atomic E-state index is 0.0283. The fourth-order valence-electron chi connectivity index (χ4n) is 4.14. The van der Waals surface area contributed by atoms with Crippen LogP contribution in [0.25, 0.3) is 6.08 Å². The molecule has 4 nitrogen and oxygen atoms in total. The summed E-state index contributed by atoms with van der Waals surface area (Å²) in [5.41, 5.74) is 2.90. The summed E-state index contributed by atoms with van der Waals surface area (Å²) in [5, 5.41) is 3.69. The molecule has 5 heteroatoms. The van der Waals surface area contributed by atoms with E-state index in [9.17, 15) is 4.79 Å². The summed E-state index contributed by atoms with van der Waals surface area (Å²) >= 11 is 5.43. The lowest BCUT2D eigenvalue weighted by Crippen LogP contribution is -2.41. The minimum absolute atomic E-state index is 0.0283. The van der Waals surface area contributed by atoms with Gasteiger partial charge in [0.15, 0.2) is 5.11 Å². The largest absolute Gasteiger partial charge is 0.372 e. The second-order valence-electron chi connectivity index (χ2n) is 7.24. The Bertz CT molecular complexity index is 685. The molecule has 2 saturated heterocycles. The molecule has 1 aliphatic carbocycles. The molecule has 3 fully saturated rings. The van der Waals surface area contributed by atoms with Crippen molar-refractivity contribution >= 4 is 35.0 Å². The number of nitrogens with one attached hydrogen (secondary N) is 1. The van der Waals surface area contributed by atoms with Crippen molar-refractivity contribution in [1.29, 1.82) is 0 Å². The van der Waals surface area contributed by atoms with E-state index in [1.165, 1.54) is 37.8 Å². The summed E-state index contributed by atoms with van der Waals surface area (Å²) in [6, 6.07) is 8.73. The minimum Gasteiger partial charge on any atom is -0.372 e. The van der Waals surface area contributed by atoms with E-state index in [0.29, 0.717) is 10.8 Å². The number of carbonyl (C=O) groups is 1. The van der Waals surface area contributed by atoms with Crippen LogP contribution in [0.3, 0.4) is 0 Å². The Balaban J connectivity index is 1.49. The van der Waals surface area contributed by atoms with Crippen molar-refractivity contribution in [2.24, 2.45) is 0 Å². The van der Waals surface area contributed by atoms with Gasteiger partial charge in [-0.3, -0.25) is 9.69 Å². The molecule has 1 N–H and O–H groups in total. The Morgan fingerprint density at radius 1 is 1.00 bits per heavy atom. The number of anilines is 1. The highest BCUT2D eigenvalue weighted by Crippen LogP contribution is 2.27. The number of thiocarbonyl (C=S) groups is 1. The van der Waals surface area contributed by atoms with Crippen LogP contribution >= 0.6 is 12.2 Å². The second kappa shape index (κ2) is 7.16. The molecule has 1 amide bonds. The van der Waals surface area contributed by atoms with E-state index < -0.39 is 0 Å². The number of benzene rings is 1. The molecule has 2 aliphatic heterocycles. The van der Waals surface area contributed by atoms with E-state index in [0.717, 1.165) is 31.5 Å². The quantitative estimate of drug-likeness (QED) is 0.663. The van der Waals surface area contributed by atoms with E-state index >= 15 is 0 Å². The predicted molar refractivity (Wildman–Crippen MR) is 105 cm³/mol. The standard InChI is InChI=1S/C20H25N3OS/c24-19-18(21-20(25)23(19)17-6-2-1-3-7-17)14-15-8-10-16(11-9-15)22-12-4-5-13-22/h8-11,14,17H,1-7,12-13H2,(H,21,25)/b18-14-. The third kappa shape index (κ3) is 3.43.